The van der Waals surface area contributed by atoms with Gasteiger partial charge in [-0.1, -0.05) is 0 Å². The van der Waals surface area contributed by atoms with Crippen LogP contribution in [0.4, 0.5) is 0 Å². The highest BCUT2D eigenvalue weighted by molar-refractivity contribution is 7.99. The van der Waals surface area contributed by atoms with Crippen LogP contribution >= 0.6 is 11.8 Å². The Labute approximate surface area is 94.2 Å². The highest BCUT2D eigenvalue weighted by Crippen LogP contribution is 2.01. The number of aliphatic hydroxyl groups is 2. The van der Waals surface area contributed by atoms with Crippen molar-refractivity contribution < 1.29 is 19.7 Å². The molecule has 0 aliphatic heterocycles. The van der Waals surface area contributed by atoms with Gasteiger partial charge in [-0.05, 0) is 6.42 Å². The van der Waals surface area contributed by atoms with E-state index in [0.717, 1.165) is 6.42 Å². The topological polar surface area (TPSA) is 78.8 Å². The molecule has 0 aromatic heterocycles. The summed E-state index contributed by atoms with van der Waals surface area (Å²) >= 11 is 1.30. The Morgan fingerprint density at radius 3 is 2.93 bits per heavy atom. The van der Waals surface area contributed by atoms with Crippen LogP contribution in [-0.4, -0.2) is 60.6 Å². The van der Waals surface area contributed by atoms with Gasteiger partial charge < -0.3 is 20.3 Å². The number of rotatable bonds is 9. The Balaban J connectivity index is 3.26. The number of aliphatic hydroxyl groups excluding tert-OH is 2. The average Bonchev–Trinajstić information content (AvgIpc) is 2.24. The molecular weight excluding hydrogens is 218 g/mol. The van der Waals surface area contributed by atoms with Gasteiger partial charge in [0.05, 0.1) is 18.5 Å². The molecule has 0 aromatic carbocycles. The Hall–Kier alpha value is -0.300. The van der Waals surface area contributed by atoms with Gasteiger partial charge >= 0.3 is 0 Å². The van der Waals surface area contributed by atoms with E-state index < -0.39 is 6.10 Å². The van der Waals surface area contributed by atoms with Crippen molar-refractivity contribution in [2.24, 2.45) is 0 Å². The molecule has 0 heterocycles. The number of carbonyl (C=O) groups is 1. The summed E-state index contributed by atoms with van der Waals surface area (Å²) in [5, 5.41) is 20.2. The lowest BCUT2D eigenvalue weighted by Gasteiger charge is -2.07. The maximum Gasteiger partial charge on any atom is 0.229 e. The molecular formula is C9H19NO4S. The van der Waals surface area contributed by atoms with Crippen molar-refractivity contribution in [2.45, 2.75) is 12.5 Å². The number of methoxy groups -OCH3 is 1. The summed E-state index contributed by atoms with van der Waals surface area (Å²) in [7, 11) is 1.62. The van der Waals surface area contributed by atoms with E-state index in [4.69, 9.17) is 14.9 Å². The van der Waals surface area contributed by atoms with Gasteiger partial charge in [0.15, 0.2) is 0 Å². The van der Waals surface area contributed by atoms with Crippen LogP contribution in [0.15, 0.2) is 0 Å². The summed E-state index contributed by atoms with van der Waals surface area (Å²) in [5.41, 5.74) is 0. The van der Waals surface area contributed by atoms with Crippen LogP contribution in [0, 0.1) is 0 Å². The number of amides is 1. The van der Waals surface area contributed by atoms with E-state index in [-0.39, 0.29) is 12.5 Å². The predicted molar refractivity (Wildman–Crippen MR) is 59.9 cm³/mol. The normalized spacial score (nSPS) is 12.5. The van der Waals surface area contributed by atoms with Crippen molar-refractivity contribution in [3.8, 4) is 0 Å². The summed E-state index contributed by atoms with van der Waals surface area (Å²) in [6.45, 7) is 0.981. The highest BCUT2D eigenvalue weighted by Gasteiger charge is 2.04. The van der Waals surface area contributed by atoms with Crippen LogP contribution in [0.3, 0.4) is 0 Å². The number of hydrogen-bond donors (Lipinski definition) is 3. The summed E-state index contributed by atoms with van der Waals surface area (Å²) in [4.78, 5) is 11.2. The molecule has 0 aliphatic rings. The smallest absolute Gasteiger partial charge is 0.229 e. The first-order chi connectivity index (χ1) is 7.20. The van der Waals surface area contributed by atoms with Crippen LogP contribution < -0.4 is 5.32 Å². The van der Waals surface area contributed by atoms with Crippen LogP contribution in [0.25, 0.3) is 0 Å². The second kappa shape index (κ2) is 10.2. The molecule has 3 N–H and O–H groups in total. The third kappa shape index (κ3) is 9.99. The standard InChI is InChI=1S/C9H19NO4S/c1-14-4-2-3-10-9(13)7-15-6-8(12)5-11/h8,11-12H,2-7H2,1H3,(H,10,13). The van der Waals surface area contributed by atoms with Gasteiger partial charge in [0.2, 0.25) is 5.91 Å². The fraction of sp³-hybridized carbons (Fsp3) is 0.889. The molecule has 0 rings (SSSR count). The molecule has 0 saturated carbocycles. The zero-order valence-corrected chi connectivity index (χ0v) is 9.76. The van der Waals surface area contributed by atoms with Gasteiger partial charge in [-0.25, -0.2) is 0 Å². The molecule has 6 heteroatoms. The Bertz CT molecular complexity index is 168. The molecule has 0 aliphatic carbocycles. The average molecular weight is 237 g/mol. The van der Waals surface area contributed by atoms with Crippen LogP contribution in [0.2, 0.25) is 0 Å². The Morgan fingerprint density at radius 1 is 1.60 bits per heavy atom. The van der Waals surface area contributed by atoms with E-state index in [1.54, 1.807) is 7.11 Å². The van der Waals surface area contributed by atoms with E-state index in [1.165, 1.54) is 11.8 Å². The number of nitrogens with one attached hydrogen (secondary N) is 1. The van der Waals surface area contributed by atoms with Crippen LogP contribution in [0.5, 0.6) is 0 Å². The van der Waals surface area contributed by atoms with E-state index in [1.807, 2.05) is 0 Å². The minimum atomic E-state index is -0.740. The summed E-state index contributed by atoms with van der Waals surface area (Å²) < 4.78 is 4.83. The fourth-order valence-electron chi connectivity index (χ4n) is 0.836. The molecule has 0 aromatic rings. The quantitative estimate of drug-likeness (QED) is 0.459. The maximum absolute atomic E-state index is 11.2. The summed E-state index contributed by atoms with van der Waals surface area (Å²) in [5.74, 6) is 0.632. The van der Waals surface area contributed by atoms with Crippen LogP contribution in [0.1, 0.15) is 6.42 Å². The largest absolute Gasteiger partial charge is 0.394 e. The summed E-state index contributed by atoms with van der Waals surface area (Å²) in [6.07, 6.45) is 0.0582. The lowest BCUT2D eigenvalue weighted by molar-refractivity contribution is -0.118. The molecule has 1 amide bonds. The molecule has 1 atom stereocenters. The molecule has 15 heavy (non-hydrogen) atoms. The molecule has 0 bridgehead atoms. The Kier molecular flexibility index (Phi) is 10.0. The zero-order chi connectivity index (χ0) is 11.5. The minimum Gasteiger partial charge on any atom is -0.394 e. The molecule has 90 valence electrons. The number of ether oxygens (including phenoxy) is 1. The lowest BCUT2D eigenvalue weighted by Crippen LogP contribution is -2.27. The van der Waals surface area contributed by atoms with Gasteiger partial charge in [-0.3, -0.25) is 4.79 Å². The van der Waals surface area contributed by atoms with E-state index in [9.17, 15) is 4.79 Å². The van der Waals surface area contributed by atoms with Crippen molar-refractivity contribution in [3.63, 3.8) is 0 Å². The first-order valence-electron chi connectivity index (χ1n) is 4.83. The first-order valence-corrected chi connectivity index (χ1v) is 5.98. The number of carbonyl (C=O) groups excluding carboxylic acids is 1. The first kappa shape index (κ1) is 14.7. The van der Waals surface area contributed by atoms with Gasteiger partial charge in [0, 0.05) is 26.0 Å². The molecule has 0 fully saturated rings. The van der Waals surface area contributed by atoms with Gasteiger partial charge in [0.25, 0.3) is 0 Å². The van der Waals surface area contributed by atoms with E-state index in [2.05, 4.69) is 5.32 Å². The van der Waals surface area contributed by atoms with Crippen molar-refractivity contribution in [1.82, 2.24) is 5.32 Å². The third-order valence-electron chi connectivity index (χ3n) is 1.60. The van der Waals surface area contributed by atoms with Crippen molar-refractivity contribution >= 4 is 17.7 Å². The third-order valence-corrected chi connectivity index (χ3v) is 2.69. The minimum absolute atomic E-state index is 0.0544. The highest BCUT2D eigenvalue weighted by atomic mass is 32.2. The fourth-order valence-corrected chi connectivity index (χ4v) is 1.62. The van der Waals surface area contributed by atoms with Crippen molar-refractivity contribution in [2.75, 3.05) is 38.4 Å². The monoisotopic (exact) mass is 237 g/mol. The number of thioether (sulfide) groups is 1. The molecule has 5 nitrogen and oxygen atoms in total. The maximum atomic E-state index is 11.2. The molecule has 0 radical (unpaired) electrons. The number of hydrogen-bond acceptors (Lipinski definition) is 5. The van der Waals surface area contributed by atoms with Gasteiger partial charge in [-0.2, -0.15) is 0 Å². The van der Waals surface area contributed by atoms with Crippen molar-refractivity contribution in [1.29, 1.82) is 0 Å². The summed E-state index contributed by atoms with van der Waals surface area (Å²) in [6, 6.07) is 0. The second-order valence-electron chi connectivity index (χ2n) is 3.05. The van der Waals surface area contributed by atoms with E-state index in [0.29, 0.717) is 24.7 Å². The lowest BCUT2D eigenvalue weighted by atomic mass is 10.4. The molecule has 0 saturated heterocycles. The van der Waals surface area contributed by atoms with E-state index >= 15 is 0 Å². The van der Waals surface area contributed by atoms with Gasteiger partial charge in [0.1, 0.15) is 0 Å². The zero-order valence-electron chi connectivity index (χ0n) is 8.94. The SMILES string of the molecule is COCCCNC(=O)CSCC(O)CO. The van der Waals surface area contributed by atoms with Gasteiger partial charge in [-0.15, -0.1) is 11.8 Å². The predicted octanol–water partition coefficient (Wildman–Crippen LogP) is -0.774. The van der Waals surface area contributed by atoms with Crippen molar-refractivity contribution in [3.05, 3.63) is 0 Å². The Morgan fingerprint density at radius 2 is 2.33 bits per heavy atom. The second-order valence-corrected chi connectivity index (χ2v) is 4.08. The molecule has 1 unspecified atom stereocenters. The molecule has 0 spiro atoms. The van der Waals surface area contributed by atoms with Crippen LogP contribution in [-0.2, 0) is 9.53 Å².